The zero-order chi connectivity index (χ0) is 13.5. The number of nitrogens with zero attached hydrogens (tertiary/aromatic N) is 3. The van der Waals surface area contributed by atoms with Crippen molar-refractivity contribution in [3.63, 3.8) is 0 Å². The van der Waals surface area contributed by atoms with Crippen molar-refractivity contribution in [1.82, 2.24) is 20.4 Å². The summed E-state index contributed by atoms with van der Waals surface area (Å²) in [5.74, 6) is 1.48. The fourth-order valence-corrected chi connectivity index (χ4v) is 2.38. The van der Waals surface area contributed by atoms with E-state index in [4.69, 9.17) is 9.26 Å². The predicted octanol–water partition coefficient (Wildman–Crippen LogP) is 0.832. The van der Waals surface area contributed by atoms with Gasteiger partial charge in [-0.25, -0.2) is 0 Å². The van der Waals surface area contributed by atoms with Crippen LogP contribution in [0.3, 0.4) is 0 Å². The molecule has 2 heterocycles. The Kier molecular flexibility index (Phi) is 5.75. The number of hydrogen-bond donors (Lipinski definition) is 1. The molecule has 0 aromatic carbocycles. The van der Waals surface area contributed by atoms with Crippen LogP contribution in [0.1, 0.15) is 31.5 Å². The quantitative estimate of drug-likeness (QED) is 0.753. The van der Waals surface area contributed by atoms with Gasteiger partial charge in [0.05, 0.1) is 13.2 Å². The maximum atomic E-state index is 5.17. The summed E-state index contributed by atoms with van der Waals surface area (Å²) in [6.45, 7) is 6.51. The van der Waals surface area contributed by atoms with E-state index in [-0.39, 0.29) is 0 Å². The van der Waals surface area contributed by atoms with Crippen LogP contribution in [0.4, 0.5) is 0 Å². The number of nitrogens with one attached hydrogen (secondary N) is 1. The second-order valence-corrected chi connectivity index (χ2v) is 4.98. The molecule has 19 heavy (non-hydrogen) atoms. The first-order valence-corrected chi connectivity index (χ1v) is 7.08. The monoisotopic (exact) mass is 268 g/mol. The Balaban J connectivity index is 1.87. The van der Waals surface area contributed by atoms with Crippen LogP contribution in [-0.4, -0.2) is 54.4 Å². The van der Waals surface area contributed by atoms with Crippen molar-refractivity contribution in [2.45, 2.75) is 38.8 Å². The normalized spacial score (nSPS) is 19.4. The number of rotatable bonds is 8. The van der Waals surface area contributed by atoms with Crippen molar-refractivity contribution in [2.24, 2.45) is 0 Å². The Bertz CT molecular complexity index is 363. The molecule has 0 aliphatic carbocycles. The molecule has 1 fully saturated rings. The minimum atomic E-state index is 0.578. The van der Waals surface area contributed by atoms with Crippen LogP contribution in [-0.2, 0) is 17.7 Å². The van der Waals surface area contributed by atoms with E-state index in [0.717, 1.165) is 45.0 Å². The number of ether oxygens (including phenoxy) is 1. The Labute approximate surface area is 114 Å². The standard InChI is InChI=1S/C13H24N4O2/c1-3-13-15-12(16-19-13)10-17(7-8-18-2)9-11-5-4-6-14-11/h11,14H,3-10H2,1-2H3. The molecule has 1 aromatic heterocycles. The van der Waals surface area contributed by atoms with Gasteiger partial charge < -0.3 is 14.6 Å². The van der Waals surface area contributed by atoms with E-state index < -0.39 is 0 Å². The molecule has 6 heteroatoms. The Morgan fingerprint density at radius 3 is 3.05 bits per heavy atom. The Morgan fingerprint density at radius 2 is 2.42 bits per heavy atom. The summed E-state index contributed by atoms with van der Waals surface area (Å²) in [6.07, 6.45) is 3.30. The van der Waals surface area contributed by atoms with Gasteiger partial charge in [-0.1, -0.05) is 12.1 Å². The molecule has 1 unspecified atom stereocenters. The summed E-state index contributed by atoms with van der Waals surface area (Å²) >= 11 is 0. The van der Waals surface area contributed by atoms with Crippen LogP contribution >= 0.6 is 0 Å². The van der Waals surface area contributed by atoms with Crippen molar-refractivity contribution in [3.8, 4) is 0 Å². The van der Waals surface area contributed by atoms with Crippen molar-refractivity contribution in [2.75, 3.05) is 33.4 Å². The largest absolute Gasteiger partial charge is 0.383 e. The Morgan fingerprint density at radius 1 is 1.53 bits per heavy atom. The first-order chi connectivity index (χ1) is 9.31. The number of aromatic nitrogens is 2. The van der Waals surface area contributed by atoms with E-state index in [2.05, 4.69) is 20.4 Å². The van der Waals surface area contributed by atoms with Crippen LogP contribution in [0.25, 0.3) is 0 Å². The van der Waals surface area contributed by atoms with Gasteiger partial charge in [0.15, 0.2) is 5.82 Å². The summed E-state index contributed by atoms with van der Waals surface area (Å²) < 4.78 is 10.3. The molecule has 2 rings (SSSR count). The van der Waals surface area contributed by atoms with Crippen molar-refractivity contribution in [1.29, 1.82) is 0 Å². The molecular weight excluding hydrogens is 244 g/mol. The van der Waals surface area contributed by atoms with Gasteiger partial charge in [0.1, 0.15) is 0 Å². The third-order valence-electron chi connectivity index (χ3n) is 3.43. The molecule has 0 bridgehead atoms. The van der Waals surface area contributed by atoms with Crippen molar-refractivity contribution in [3.05, 3.63) is 11.7 Å². The highest BCUT2D eigenvalue weighted by molar-refractivity contribution is 4.87. The fourth-order valence-electron chi connectivity index (χ4n) is 2.38. The SMILES string of the molecule is CCc1nc(CN(CCOC)CC2CCCN2)no1. The number of methoxy groups -OCH3 is 1. The van der Waals surface area contributed by atoms with E-state index in [1.807, 2.05) is 6.92 Å². The molecule has 1 aliphatic rings. The number of hydrogen-bond acceptors (Lipinski definition) is 6. The molecule has 1 saturated heterocycles. The van der Waals surface area contributed by atoms with Gasteiger partial charge in [-0.05, 0) is 19.4 Å². The molecular formula is C13H24N4O2. The molecule has 1 atom stereocenters. The number of aryl methyl sites for hydroxylation is 1. The van der Waals surface area contributed by atoms with Gasteiger partial charge in [-0.15, -0.1) is 0 Å². The molecule has 0 amide bonds. The zero-order valence-electron chi connectivity index (χ0n) is 11.9. The summed E-state index contributed by atoms with van der Waals surface area (Å²) in [7, 11) is 1.73. The molecule has 0 radical (unpaired) electrons. The average Bonchev–Trinajstić information content (AvgIpc) is 3.07. The van der Waals surface area contributed by atoms with Gasteiger partial charge in [0.2, 0.25) is 5.89 Å². The lowest BCUT2D eigenvalue weighted by Crippen LogP contribution is -2.39. The molecule has 0 spiro atoms. The third-order valence-corrected chi connectivity index (χ3v) is 3.43. The second kappa shape index (κ2) is 7.57. The highest BCUT2D eigenvalue weighted by atomic mass is 16.5. The summed E-state index contributed by atoms with van der Waals surface area (Å²) in [4.78, 5) is 6.70. The first-order valence-electron chi connectivity index (χ1n) is 7.08. The van der Waals surface area contributed by atoms with E-state index >= 15 is 0 Å². The lowest BCUT2D eigenvalue weighted by Gasteiger charge is -2.23. The topological polar surface area (TPSA) is 63.4 Å². The highest BCUT2D eigenvalue weighted by Crippen LogP contribution is 2.09. The fraction of sp³-hybridized carbons (Fsp3) is 0.846. The summed E-state index contributed by atoms with van der Waals surface area (Å²) in [6, 6.07) is 0.578. The van der Waals surface area contributed by atoms with E-state index in [0.29, 0.717) is 11.9 Å². The lowest BCUT2D eigenvalue weighted by atomic mass is 10.2. The van der Waals surface area contributed by atoms with Gasteiger partial charge in [-0.2, -0.15) is 4.98 Å². The van der Waals surface area contributed by atoms with Crippen molar-refractivity contribution < 1.29 is 9.26 Å². The van der Waals surface area contributed by atoms with Crippen molar-refractivity contribution >= 4 is 0 Å². The molecule has 1 aliphatic heterocycles. The highest BCUT2D eigenvalue weighted by Gasteiger charge is 2.19. The zero-order valence-corrected chi connectivity index (χ0v) is 11.9. The van der Waals surface area contributed by atoms with E-state index in [9.17, 15) is 0 Å². The molecule has 6 nitrogen and oxygen atoms in total. The Hall–Kier alpha value is -0.980. The van der Waals surface area contributed by atoms with Crippen LogP contribution < -0.4 is 5.32 Å². The van der Waals surface area contributed by atoms with Gasteiger partial charge in [0, 0.05) is 32.7 Å². The molecule has 1 aromatic rings. The summed E-state index contributed by atoms with van der Waals surface area (Å²) in [5.41, 5.74) is 0. The summed E-state index contributed by atoms with van der Waals surface area (Å²) in [5, 5.41) is 7.54. The third kappa shape index (κ3) is 4.56. The lowest BCUT2D eigenvalue weighted by molar-refractivity contribution is 0.135. The van der Waals surface area contributed by atoms with Crippen LogP contribution in [0.2, 0.25) is 0 Å². The maximum absolute atomic E-state index is 5.17. The average molecular weight is 268 g/mol. The second-order valence-electron chi connectivity index (χ2n) is 4.98. The van der Waals surface area contributed by atoms with Crippen LogP contribution in [0.5, 0.6) is 0 Å². The maximum Gasteiger partial charge on any atom is 0.226 e. The molecule has 108 valence electrons. The predicted molar refractivity (Wildman–Crippen MR) is 71.9 cm³/mol. The van der Waals surface area contributed by atoms with Gasteiger partial charge in [-0.3, -0.25) is 4.90 Å². The molecule has 1 N–H and O–H groups in total. The van der Waals surface area contributed by atoms with Crippen LogP contribution in [0, 0.1) is 0 Å². The van der Waals surface area contributed by atoms with E-state index in [1.165, 1.54) is 12.8 Å². The first kappa shape index (κ1) is 14.4. The van der Waals surface area contributed by atoms with Crippen LogP contribution in [0.15, 0.2) is 4.52 Å². The molecule has 0 saturated carbocycles. The van der Waals surface area contributed by atoms with Gasteiger partial charge >= 0.3 is 0 Å². The van der Waals surface area contributed by atoms with E-state index in [1.54, 1.807) is 7.11 Å². The minimum Gasteiger partial charge on any atom is -0.383 e. The smallest absolute Gasteiger partial charge is 0.226 e. The minimum absolute atomic E-state index is 0.578. The van der Waals surface area contributed by atoms with Gasteiger partial charge in [0.25, 0.3) is 0 Å².